The molecule has 0 bridgehead atoms. The highest BCUT2D eigenvalue weighted by Crippen LogP contribution is 2.20. The first kappa shape index (κ1) is 17.3. The zero-order valence-corrected chi connectivity index (χ0v) is 14.1. The molecule has 1 aromatic rings. The SMILES string of the molecule is O=[N+]([O-])c1cnn(C[C@@H](O)CN2CCC[C@H](N3CCCCC3)C2)c1. The molecule has 0 radical (unpaired) electrons. The van der Waals surface area contributed by atoms with Crippen LogP contribution in [0, 0.1) is 10.1 Å². The Morgan fingerprint density at radius 3 is 2.75 bits per heavy atom. The van der Waals surface area contributed by atoms with E-state index in [1.807, 2.05) is 0 Å². The van der Waals surface area contributed by atoms with Crippen LogP contribution in [0.2, 0.25) is 0 Å². The van der Waals surface area contributed by atoms with Crippen molar-refractivity contribution in [3.63, 3.8) is 0 Å². The number of aliphatic hydroxyl groups excluding tert-OH is 1. The Kier molecular flexibility index (Phi) is 5.80. The summed E-state index contributed by atoms with van der Waals surface area (Å²) < 4.78 is 1.45. The van der Waals surface area contributed by atoms with Crippen molar-refractivity contribution in [3.8, 4) is 0 Å². The third kappa shape index (κ3) is 4.52. The number of aliphatic hydroxyl groups is 1. The van der Waals surface area contributed by atoms with Gasteiger partial charge < -0.3 is 5.11 Å². The van der Waals surface area contributed by atoms with E-state index in [-0.39, 0.29) is 5.69 Å². The van der Waals surface area contributed by atoms with Crippen molar-refractivity contribution in [1.29, 1.82) is 0 Å². The van der Waals surface area contributed by atoms with E-state index in [9.17, 15) is 15.2 Å². The van der Waals surface area contributed by atoms with Gasteiger partial charge in [0.25, 0.3) is 0 Å². The summed E-state index contributed by atoms with van der Waals surface area (Å²) in [5, 5.41) is 24.9. The van der Waals surface area contributed by atoms with Gasteiger partial charge in [-0.05, 0) is 45.3 Å². The molecule has 2 atom stereocenters. The Balaban J connectivity index is 1.48. The summed E-state index contributed by atoms with van der Waals surface area (Å²) in [4.78, 5) is 15.1. The first-order valence-electron chi connectivity index (χ1n) is 8.93. The van der Waals surface area contributed by atoms with Gasteiger partial charge in [0, 0.05) is 19.1 Å². The molecule has 8 nitrogen and oxygen atoms in total. The van der Waals surface area contributed by atoms with Gasteiger partial charge in [-0.1, -0.05) is 6.42 Å². The number of hydrogen-bond acceptors (Lipinski definition) is 6. The lowest BCUT2D eigenvalue weighted by molar-refractivity contribution is -0.385. The Labute approximate surface area is 142 Å². The van der Waals surface area contributed by atoms with Gasteiger partial charge in [-0.25, -0.2) is 0 Å². The second kappa shape index (κ2) is 8.04. The summed E-state index contributed by atoms with van der Waals surface area (Å²) in [5.74, 6) is 0. The van der Waals surface area contributed by atoms with Gasteiger partial charge in [0.2, 0.25) is 0 Å². The van der Waals surface area contributed by atoms with Crippen molar-refractivity contribution in [3.05, 3.63) is 22.5 Å². The maximum atomic E-state index is 10.7. The lowest BCUT2D eigenvalue weighted by atomic mass is 10.0. The maximum absolute atomic E-state index is 10.7. The number of β-amino-alcohol motifs (C(OH)–C–C–N with tert-alkyl or cyclic N) is 1. The highest BCUT2D eigenvalue weighted by molar-refractivity contribution is 5.20. The molecule has 3 heterocycles. The van der Waals surface area contributed by atoms with Crippen LogP contribution in [0.4, 0.5) is 5.69 Å². The van der Waals surface area contributed by atoms with Gasteiger partial charge in [0.15, 0.2) is 0 Å². The minimum absolute atomic E-state index is 0.0367. The summed E-state index contributed by atoms with van der Waals surface area (Å²) in [6.45, 7) is 5.32. The van der Waals surface area contributed by atoms with E-state index in [4.69, 9.17) is 0 Å². The Hall–Kier alpha value is -1.51. The summed E-state index contributed by atoms with van der Waals surface area (Å²) in [7, 11) is 0. The number of likely N-dealkylation sites (tertiary alicyclic amines) is 2. The molecule has 8 heteroatoms. The average molecular weight is 337 g/mol. The lowest BCUT2D eigenvalue weighted by Gasteiger charge is -2.41. The second-order valence-corrected chi connectivity index (χ2v) is 6.98. The van der Waals surface area contributed by atoms with E-state index in [0.29, 0.717) is 19.1 Å². The van der Waals surface area contributed by atoms with Crippen LogP contribution in [0.1, 0.15) is 32.1 Å². The van der Waals surface area contributed by atoms with E-state index in [2.05, 4.69) is 14.9 Å². The van der Waals surface area contributed by atoms with Crippen LogP contribution < -0.4 is 0 Å². The molecule has 2 saturated heterocycles. The molecule has 3 rings (SSSR count). The molecule has 1 aromatic heterocycles. The molecule has 0 unspecified atom stereocenters. The Bertz CT molecular complexity index is 544. The lowest BCUT2D eigenvalue weighted by Crippen LogP contribution is -2.51. The van der Waals surface area contributed by atoms with E-state index in [1.165, 1.54) is 62.3 Å². The predicted octanol–water partition coefficient (Wildman–Crippen LogP) is 1.10. The molecular formula is C16H27N5O3. The van der Waals surface area contributed by atoms with E-state index in [1.54, 1.807) is 0 Å². The number of nitrogens with zero attached hydrogens (tertiary/aromatic N) is 5. The van der Waals surface area contributed by atoms with Gasteiger partial charge in [0.1, 0.15) is 12.4 Å². The number of piperidine rings is 2. The highest BCUT2D eigenvalue weighted by Gasteiger charge is 2.27. The Morgan fingerprint density at radius 1 is 1.25 bits per heavy atom. The molecule has 2 aliphatic rings. The maximum Gasteiger partial charge on any atom is 0.306 e. The first-order chi connectivity index (χ1) is 11.6. The number of rotatable bonds is 6. The average Bonchev–Trinajstić information content (AvgIpc) is 3.04. The van der Waals surface area contributed by atoms with Crippen LogP contribution in [0.15, 0.2) is 12.4 Å². The summed E-state index contributed by atoms with van der Waals surface area (Å²) in [5.41, 5.74) is -0.0367. The third-order valence-corrected chi connectivity index (χ3v) is 5.08. The Morgan fingerprint density at radius 2 is 2.04 bits per heavy atom. The van der Waals surface area contributed by atoms with Crippen molar-refractivity contribution in [2.45, 2.75) is 50.8 Å². The van der Waals surface area contributed by atoms with Crippen molar-refractivity contribution >= 4 is 5.69 Å². The van der Waals surface area contributed by atoms with Gasteiger partial charge in [0.05, 0.1) is 17.6 Å². The molecule has 0 aromatic carbocycles. The smallest absolute Gasteiger partial charge is 0.306 e. The van der Waals surface area contributed by atoms with Crippen LogP contribution in [-0.2, 0) is 6.54 Å². The largest absolute Gasteiger partial charge is 0.390 e. The van der Waals surface area contributed by atoms with Crippen LogP contribution in [0.25, 0.3) is 0 Å². The van der Waals surface area contributed by atoms with Crippen LogP contribution >= 0.6 is 0 Å². The van der Waals surface area contributed by atoms with Crippen LogP contribution in [-0.4, -0.2) is 74.5 Å². The van der Waals surface area contributed by atoms with Crippen molar-refractivity contribution in [2.75, 3.05) is 32.7 Å². The monoisotopic (exact) mass is 337 g/mol. The fraction of sp³-hybridized carbons (Fsp3) is 0.812. The molecule has 0 spiro atoms. The van der Waals surface area contributed by atoms with Crippen LogP contribution in [0.3, 0.4) is 0 Å². The molecule has 24 heavy (non-hydrogen) atoms. The minimum Gasteiger partial charge on any atom is -0.390 e. The van der Waals surface area contributed by atoms with Gasteiger partial charge in [-0.2, -0.15) is 5.10 Å². The number of aromatic nitrogens is 2. The zero-order chi connectivity index (χ0) is 16.9. The number of hydrogen-bond donors (Lipinski definition) is 1. The second-order valence-electron chi connectivity index (χ2n) is 6.98. The van der Waals surface area contributed by atoms with Crippen molar-refractivity contribution in [1.82, 2.24) is 19.6 Å². The zero-order valence-electron chi connectivity index (χ0n) is 14.1. The first-order valence-corrected chi connectivity index (χ1v) is 8.93. The molecular weight excluding hydrogens is 310 g/mol. The quantitative estimate of drug-likeness (QED) is 0.618. The van der Waals surface area contributed by atoms with Crippen molar-refractivity contribution < 1.29 is 10.0 Å². The molecule has 1 N–H and O–H groups in total. The van der Waals surface area contributed by atoms with E-state index >= 15 is 0 Å². The van der Waals surface area contributed by atoms with Crippen molar-refractivity contribution in [2.24, 2.45) is 0 Å². The summed E-state index contributed by atoms with van der Waals surface area (Å²) in [6, 6.07) is 0.608. The van der Waals surface area contributed by atoms with Gasteiger partial charge >= 0.3 is 5.69 Å². The standard InChI is InChI=1S/C16H27N5O3/c22-16(13-20-11-15(9-17-20)21(23)24)12-18-6-4-5-14(10-18)19-7-2-1-3-8-19/h9,11,14,16,22H,1-8,10,12-13H2/t14-,16-/m0/s1. The van der Waals surface area contributed by atoms with E-state index < -0.39 is 11.0 Å². The molecule has 0 saturated carbocycles. The topological polar surface area (TPSA) is 87.7 Å². The normalized spacial score (nSPS) is 24.8. The number of nitro groups is 1. The fourth-order valence-electron chi connectivity index (χ4n) is 3.90. The highest BCUT2D eigenvalue weighted by atomic mass is 16.6. The molecule has 0 aliphatic carbocycles. The molecule has 134 valence electrons. The summed E-state index contributed by atoms with van der Waals surface area (Å²) >= 11 is 0. The molecule has 2 fully saturated rings. The van der Waals surface area contributed by atoms with Gasteiger partial charge in [-0.15, -0.1) is 0 Å². The molecule has 0 amide bonds. The minimum atomic E-state index is -0.565. The predicted molar refractivity (Wildman–Crippen MR) is 89.8 cm³/mol. The van der Waals surface area contributed by atoms with E-state index in [0.717, 1.165) is 13.1 Å². The van der Waals surface area contributed by atoms with Gasteiger partial charge in [-0.3, -0.25) is 24.6 Å². The molecule has 2 aliphatic heterocycles. The third-order valence-electron chi connectivity index (χ3n) is 5.08. The van der Waals surface area contributed by atoms with Crippen LogP contribution in [0.5, 0.6) is 0 Å². The fourth-order valence-corrected chi connectivity index (χ4v) is 3.90. The summed E-state index contributed by atoms with van der Waals surface area (Å²) in [6.07, 6.45) is 8.40.